The maximum absolute atomic E-state index is 9.17. The Bertz CT molecular complexity index is 407. The molecular weight excluding hydrogens is 224 g/mol. The maximum atomic E-state index is 9.17. The van der Waals surface area contributed by atoms with Crippen LogP contribution in [0.25, 0.3) is 0 Å². The molecule has 3 rings (SSSR count). The Balaban J connectivity index is 1.72. The predicted octanol–water partition coefficient (Wildman–Crippen LogP) is 2.59. The fraction of sp³-hybridized carbons (Fsp3) is 0.667. The van der Waals surface area contributed by atoms with Crippen molar-refractivity contribution in [3.05, 3.63) is 24.0 Å². The van der Waals surface area contributed by atoms with E-state index in [0.717, 1.165) is 24.1 Å². The Labute approximate surface area is 109 Å². The summed E-state index contributed by atoms with van der Waals surface area (Å²) < 4.78 is 0. The highest BCUT2D eigenvalue weighted by Crippen LogP contribution is 2.37. The average Bonchev–Trinajstić information content (AvgIpc) is 2.47. The molecule has 18 heavy (non-hydrogen) atoms. The van der Waals surface area contributed by atoms with E-state index in [1.54, 1.807) is 0 Å². The number of hydrogen-bond donors (Lipinski definition) is 1. The lowest BCUT2D eigenvalue weighted by Crippen LogP contribution is -2.41. The van der Waals surface area contributed by atoms with Crippen LogP contribution in [0.2, 0.25) is 0 Å². The monoisotopic (exact) mass is 246 g/mol. The van der Waals surface area contributed by atoms with Crippen LogP contribution in [0.5, 0.6) is 0 Å². The van der Waals surface area contributed by atoms with Gasteiger partial charge in [-0.05, 0) is 36.8 Å². The van der Waals surface area contributed by atoms with Crippen molar-refractivity contribution in [2.75, 3.05) is 18.0 Å². The van der Waals surface area contributed by atoms with Crippen LogP contribution in [0.3, 0.4) is 0 Å². The second-order valence-corrected chi connectivity index (χ2v) is 5.70. The van der Waals surface area contributed by atoms with Crippen LogP contribution in [0.4, 0.5) is 5.69 Å². The molecule has 1 aromatic heterocycles. The molecule has 1 aliphatic carbocycles. The molecule has 2 fully saturated rings. The standard InChI is InChI=1S/C15H22N2O/c18-11-14-9-15(5-7-16-14)17-8-6-12-3-1-2-4-13(12)10-17/h5,7,9,12-13,18H,1-4,6,8,10-11H2. The van der Waals surface area contributed by atoms with Crippen molar-refractivity contribution in [1.82, 2.24) is 4.98 Å². The van der Waals surface area contributed by atoms with Gasteiger partial charge < -0.3 is 10.0 Å². The SMILES string of the molecule is OCc1cc(N2CCC3CCCCC3C2)ccn1. The number of fused-ring (bicyclic) bond motifs is 1. The van der Waals surface area contributed by atoms with E-state index in [1.165, 1.54) is 44.3 Å². The Kier molecular flexibility index (Phi) is 3.50. The van der Waals surface area contributed by atoms with Gasteiger partial charge in [0, 0.05) is 25.0 Å². The minimum Gasteiger partial charge on any atom is -0.390 e. The van der Waals surface area contributed by atoms with Crippen molar-refractivity contribution in [2.24, 2.45) is 11.8 Å². The van der Waals surface area contributed by atoms with E-state index in [1.807, 2.05) is 12.3 Å². The lowest BCUT2D eigenvalue weighted by atomic mass is 9.75. The number of aromatic nitrogens is 1. The summed E-state index contributed by atoms with van der Waals surface area (Å²) in [5.74, 6) is 1.85. The van der Waals surface area contributed by atoms with Gasteiger partial charge in [0.1, 0.15) is 0 Å². The summed E-state index contributed by atoms with van der Waals surface area (Å²) in [5, 5.41) is 9.17. The van der Waals surface area contributed by atoms with Gasteiger partial charge in [0.2, 0.25) is 0 Å². The molecule has 0 amide bonds. The molecule has 1 saturated heterocycles. The molecule has 3 heteroatoms. The quantitative estimate of drug-likeness (QED) is 0.871. The van der Waals surface area contributed by atoms with Crippen LogP contribution < -0.4 is 4.90 Å². The summed E-state index contributed by atoms with van der Waals surface area (Å²) in [7, 11) is 0. The minimum atomic E-state index is 0.0354. The van der Waals surface area contributed by atoms with Crippen LogP contribution in [0.1, 0.15) is 37.8 Å². The molecule has 0 spiro atoms. The number of pyridine rings is 1. The van der Waals surface area contributed by atoms with Gasteiger partial charge in [-0.15, -0.1) is 0 Å². The van der Waals surface area contributed by atoms with Gasteiger partial charge in [0.05, 0.1) is 12.3 Å². The fourth-order valence-electron chi connectivity index (χ4n) is 3.58. The van der Waals surface area contributed by atoms with E-state index in [9.17, 15) is 0 Å². The first-order chi connectivity index (χ1) is 8.86. The zero-order valence-corrected chi connectivity index (χ0v) is 10.9. The molecule has 2 atom stereocenters. The smallest absolute Gasteiger partial charge is 0.0853 e. The zero-order chi connectivity index (χ0) is 12.4. The van der Waals surface area contributed by atoms with Crippen molar-refractivity contribution in [3.8, 4) is 0 Å². The van der Waals surface area contributed by atoms with Crippen LogP contribution in [0, 0.1) is 11.8 Å². The normalized spacial score (nSPS) is 27.9. The predicted molar refractivity (Wildman–Crippen MR) is 72.4 cm³/mol. The van der Waals surface area contributed by atoms with Gasteiger partial charge in [-0.2, -0.15) is 0 Å². The molecular formula is C15H22N2O. The van der Waals surface area contributed by atoms with Crippen LogP contribution >= 0.6 is 0 Å². The van der Waals surface area contributed by atoms with Gasteiger partial charge in [-0.3, -0.25) is 4.98 Å². The van der Waals surface area contributed by atoms with Crippen molar-refractivity contribution in [2.45, 2.75) is 38.7 Å². The Morgan fingerprint density at radius 1 is 1.22 bits per heavy atom. The van der Waals surface area contributed by atoms with Gasteiger partial charge in [-0.25, -0.2) is 0 Å². The first kappa shape index (κ1) is 12.0. The Hall–Kier alpha value is -1.09. The van der Waals surface area contributed by atoms with Crippen molar-refractivity contribution in [3.63, 3.8) is 0 Å². The summed E-state index contributed by atoms with van der Waals surface area (Å²) in [5.41, 5.74) is 2.01. The van der Waals surface area contributed by atoms with E-state index >= 15 is 0 Å². The number of hydrogen-bond acceptors (Lipinski definition) is 3. The van der Waals surface area contributed by atoms with E-state index in [4.69, 9.17) is 5.11 Å². The van der Waals surface area contributed by atoms with Crippen molar-refractivity contribution < 1.29 is 5.11 Å². The zero-order valence-electron chi connectivity index (χ0n) is 10.9. The number of aliphatic hydroxyl groups excluding tert-OH is 1. The van der Waals surface area contributed by atoms with Gasteiger partial charge in [-0.1, -0.05) is 19.3 Å². The summed E-state index contributed by atoms with van der Waals surface area (Å²) in [6, 6.07) is 4.10. The first-order valence-corrected chi connectivity index (χ1v) is 7.17. The summed E-state index contributed by atoms with van der Waals surface area (Å²) in [6.45, 7) is 2.39. The second-order valence-electron chi connectivity index (χ2n) is 5.70. The number of nitrogens with zero attached hydrogens (tertiary/aromatic N) is 2. The lowest BCUT2D eigenvalue weighted by molar-refractivity contribution is 0.202. The summed E-state index contributed by atoms with van der Waals surface area (Å²) in [4.78, 5) is 6.64. The summed E-state index contributed by atoms with van der Waals surface area (Å²) >= 11 is 0. The molecule has 2 unspecified atom stereocenters. The molecule has 1 aromatic rings. The van der Waals surface area contributed by atoms with Gasteiger partial charge in [0.15, 0.2) is 0 Å². The fourth-order valence-corrected chi connectivity index (χ4v) is 3.58. The van der Waals surface area contributed by atoms with Crippen LogP contribution in [0.15, 0.2) is 18.3 Å². The molecule has 98 valence electrons. The third-order valence-electron chi connectivity index (χ3n) is 4.62. The first-order valence-electron chi connectivity index (χ1n) is 7.17. The van der Waals surface area contributed by atoms with E-state index in [2.05, 4.69) is 16.0 Å². The Morgan fingerprint density at radius 2 is 2.06 bits per heavy atom. The average molecular weight is 246 g/mol. The molecule has 0 radical (unpaired) electrons. The molecule has 0 bridgehead atoms. The molecule has 1 aliphatic heterocycles. The number of piperidine rings is 1. The molecule has 2 aliphatic rings. The second kappa shape index (κ2) is 5.27. The molecule has 2 heterocycles. The van der Waals surface area contributed by atoms with E-state index < -0.39 is 0 Å². The van der Waals surface area contributed by atoms with Crippen molar-refractivity contribution in [1.29, 1.82) is 0 Å². The molecule has 1 N–H and O–H groups in total. The Morgan fingerprint density at radius 3 is 2.89 bits per heavy atom. The maximum Gasteiger partial charge on any atom is 0.0853 e. The molecule has 0 aromatic carbocycles. The third kappa shape index (κ3) is 2.37. The number of rotatable bonds is 2. The van der Waals surface area contributed by atoms with Crippen molar-refractivity contribution >= 4 is 5.69 Å². The van der Waals surface area contributed by atoms with Gasteiger partial charge >= 0.3 is 0 Å². The number of anilines is 1. The molecule has 3 nitrogen and oxygen atoms in total. The largest absolute Gasteiger partial charge is 0.390 e. The highest BCUT2D eigenvalue weighted by Gasteiger charge is 2.31. The van der Waals surface area contributed by atoms with E-state index in [0.29, 0.717) is 0 Å². The lowest BCUT2D eigenvalue weighted by Gasteiger charge is -2.42. The topological polar surface area (TPSA) is 36.4 Å². The van der Waals surface area contributed by atoms with E-state index in [-0.39, 0.29) is 6.61 Å². The van der Waals surface area contributed by atoms with Gasteiger partial charge in [0.25, 0.3) is 0 Å². The summed E-state index contributed by atoms with van der Waals surface area (Å²) in [6.07, 6.45) is 8.84. The highest BCUT2D eigenvalue weighted by molar-refractivity contribution is 5.47. The third-order valence-corrected chi connectivity index (χ3v) is 4.62. The minimum absolute atomic E-state index is 0.0354. The molecule has 1 saturated carbocycles. The van der Waals surface area contributed by atoms with Crippen LogP contribution in [-0.2, 0) is 6.61 Å². The van der Waals surface area contributed by atoms with Crippen LogP contribution in [-0.4, -0.2) is 23.2 Å². The number of aliphatic hydroxyl groups is 1. The highest BCUT2D eigenvalue weighted by atomic mass is 16.3.